The lowest BCUT2D eigenvalue weighted by atomic mass is 9.65. The molecule has 1 fully saturated rings. The fraction of sp³-hybridized carbons (Fsp3) is 0.571. The third-order valence-electron chi connectivity index (χ3n) is 6.65. The molecule has 27 heavy (non-hydrogen) atoms. The second-order valence-corrected chi connectivity index (χ2v) is 8.71. The summed E-state index contributed by atoms with van der Waals surface area (Å²) < 4.78 is 6.06. The first-order valence-corrected chi connectivity index (χ1v) is 10.5. The van der Waals surface area contributed by atoms with E-state index >= 15 is 0 Å². The number of H-pyrrole nitrogens is 1. The number of nitrogens with zero attached hydrogens (tertiary/aromatic N) is 1. The lowest BCUT2D eigenvalue weighted by molar-refractivity contribution is -0.142. The van der Waals surface area contributed by atoms with Crippen LogP contribution in [0, 0.1) is 5.41 Å². The van der Waals surface area contributed by atoms with Crippen molar-refractivity contribution >= 4 is 45.2 Å². The second-order valence-electron chi connectivity index (χ2n) is 7.79. The van der Waals surface area contributed by atoms with Crippen LogP contribution in [0.2, 0.25) is 0 Å². The lowest BCUT2D eigenvalue weighted by Crippen LogP contribution is -2.49. The van der Waals surface area contributed by atoms with Crippen LogP contribution in [-0.2, 0) is 16.0 Å². The highest BCUT2D eigenvalue weighted by atomic mass is 79.9. The zero-order chi connectivity index (χ0) is 18.3. The fourth-order valence-corrected chi connectivity index (χ4v) is 5.64. The van der Waals surface area contributed by atoms with Crippen molar-refractivity contribution in [1.29, 1.82) is 0 Å². The molecule has 3 heterocycles. The van der Waals surface area contributed by atoms with Gasteiger partial charge >= 0.3 is 5.97 Å². The zero-order valence-electron chi connectivity index (χ0n) is 16.0. The van der Waals surface area contributed by atoms with Gasteiger partial charge in [0.2, 0.25) is 0 Å². The Hall–Kier alpha value is -1.04. The third-order valence-corrected chi connectivity index (χ3v) is 7.14. The van der Waals surface area contributed by atoms with Crippen LogP contribution in [0.3, 0.4) is 0 Å². The molecule has 1 saturated heterocycles. The molecule has 0 radical (unpaired) electrons. The summed E-state index contributed by atoms with van der Waals surface area (Å²) >= 11 is 3.62. The predicted octanol–water partition coefficient (Wildman–Crippen LogP) is 5.39. The maximum absolute atomic E-state index is 11.8. The average molecular weight is 456 g/mol. The van der Waals surface area contributed by atoms with E-state index in [2.05, 4.69) is 50.9 Å². The first-order chi connectivity index (χ1) is 12.6. The highest BCUT2D eigenvalue weighted by Crippen LogP contribution is 2.53. The summed E-state index contributed by atoms with van der Waals surface area (Å²) in [4.78, 5) is 18.3. The number of rotatable bonds is 4. The summed E-state index contributed by atoms with van der Waals surface area (Å²) in [7, 11) is 1.49. The minimum absolute atomic E-state index is 0. The zero-order valence-corrected chi connectivity index (χ0v) is 18.4. The van der Waals surface area contributed by atoms with Crippen LogP contribution in [0.1, 0.15) is 56.3 Å². The standard InChI is InChI=1S/C21H27BrN2O2.ClH/c1-3-21(10-7-18(25)26-2)9-4-11-24-12-8-15-16-13-14(22)5-6-17(16)23-19(15)20(21)24;/h5-6,13,20,23H,3-4,7-12H2,1-2H3;1H. The van der Waals surface area contributed by atoms with Crippen LogP contribution in [0.25, 0.3) is 10.9 Å². The average Bonchev–Trinajstić information content (AvgIpc) is 3.03. The number of hydrogen-bond acceptors (Lipinski definition) is 3. The topological polar surface area (TPSA) is 45.3 Å². The highest BCUT2D eigenvalue weighted by molar-refractivity contribution is 9.10. The molecular weight excluding hydrogens is 428 g/mol. The van der Waals surface area contributed by atoms with Crippen molar-refractivity contribution in [1.82, 2.24) is 9.88 Å². The summed E-state index contributed by atoms with van der Waals surface area (Å²) in [6, 6.07) is 6.90. The molecular formula is C21H28BrClN2O2. The van der Waals surface area contributed by atoms with Crippen molar-refractivity contribution < 1.29 is 9.53 Å². The maximum Gasteiger partial charge on any atom is 0.305 e. The van der Waals surface area contributed by atoms with Crippen LogP contribution in [0.15, 0.2) is 22.7 Å². The first-order valence-electron chi connectivity index (χ1n) is 9.69. The molecule has 0 amide bonds. The molecule has 2 aliphatic heterocycles. The molecule has 0 bridgehead atoms. The van der Waals surface area contributed by atoms with Crippen molar-refractivity contribution in [2.45, 2.75) is 51.5 Å². The van der Waals surface area contributed by atoms with Crippen LogP contribution >= 0.6 is 28.3 Å². The number of hydrogen-bond donors (Lipinski definition) is 1. The van der Waals surface area contributed by atoms with Crippen molar-refractivity contribution in [3.05, 3.63) is 33.9 Å². The van der Waals surface area contributed by atoms with Gasteiger partial charge < -0.3 is 9.72 Å². The van der Waals surface area contributed by atoms with Crippen LogP contribution < -0.4 is 0 Å². The van der Waals surface area contributed by atoms with E-state index in [1.807, 2.05) is 0 Å². The predicted molar refractivity (Wildman–Crippen MR) is 114 cm³/mol. The molecule has 1 aromatic carbocycles. The Morgan fingerprint density at radius 2 is 2.22 bits per heavy atom. The number of aromatic amines is 1. The Kier molecular flexibility index (Phi) is 6.24. The molecule has 148 valence electrons. The van der Waals surface area contributed by atoms with E-state index in [0.717, 1.165) is 36.8 Å². The molecule has 6 heteroatoms. The summed E-state index contributed by atoms with van der Waals surface area (Å²) in [5.74, 6) is -0.0911. The van der Waals surface area contributed by atoms with E-state index in [1.165, 1.54) is 42.1 Å². The number of benzene rings is 1. The summed E-state index contributed by atoms with van der Waals surface area (Å²) in [5, 5.41) is 1.34. The molecule has 1 N–H and O–H groups in total. The van der Waals surface area contributed by atoms with Crippen molar-refractivity contribution in [3.63, 3.8) is 0 Å². The summed E-state index contributed by atoms with van der Waals surface area (Å²) in [5.41, 5.74) is 4.22. The number of piperidine rings is 1. The second kappa shape index (κ2) is 8.14. The molecule has 0 saturated carbocycles. The highest BCUT2D eigenvalue weighted by Gasteiger charge is 2.47. The van der Waals surface area contributed by atoms with Gasteiger partial charge in [-0.15, -0.1) is 12.4 Å². The summed E-state index contributed by atoms with van der Waals surface area (Å²) in [6.45, 7) is 4.55. The third kappa shape index (κ3) is 3.54. The van der Waals surface area contributed by atoms with Crippen LogP contribution in [0.5, 0.6) is 0 Å². The molecule has 2 aliphatic rings. The van der Waals surface area contributed by atoms with E-state index in [-0.39, 0.29) is 23.8 Å². The monoisotopic (exact) mass is 454 g/mol. The van der Waals surface area contributed by atoms with E-state index in [0.29, 0.717) is 12.5 Å². The van der Waals surface area contributed by atoms with Crippen LogP contribution in [-0.4, -0.2) is 36.1 Å². The number of methoxy groups -OCH3 is 1. The van der Waals surface area contributed by atoms with Gasteiger partial charge in [-0.1, -0.05) is 22.9 Å². The molecule has 2 atom stereocenters. The van der Waals surface area contributed by atoms with Gasteiger partial charge in [-0.25, -0.2) is 0 Å². The maximum atomic E-state index is 11.8. The van der Waals surface area contributed by atoms with Crippen molar-refractivity contribution in [2.75, 3.05) is 20.2 Å². The Morgan fingerprint density at radius 3 is 2.96 bits per heavy atom. The van der Waals surface area contributed by atoms with E-state index < -0.39 is 0 Å². The Morgan fingerprint density at radius 1 is 1.41 bits per heavy atom. The SMILES string of the molecule is CCC1(CCC(=O)OC)CCCN2CCc3c([nH]c4ccc(Br)cc34)C21.Cl. The first kappa shape index (κ1) is 20.7. The number of nitrogens with one attached hydrogen (secondary N) is 1. The number of ether oxygens (including phenoxy) is 1. The number of carbonyl (C=O) groups excluding carboxylic acids is 1. The van der Waals surface area contributed by atoms with E-state index in [4.69, 9.17) is 4.74 Å². The van der Waals surface area contributed by atoms with Crippen molar-refractivity contribution in [3.8, 4) is 0 Å². The van der Waals surface area contributed by atoms with Gasteiger partial charge in [0.1, 0.15) is 0 Å². The van der Waals surface area contributed by atoms with Crippen LogP contribution in [0.4, 0.5) is 0 Å². The lowest BCUT2D eigenvalue weighted by Gasteiger charge is -2.52. The smallest absolute Gasteiger partial charge is 0.305 e. The van der Waals surface area contributed by atoms with Gasteiger partial charge in [0.25, 0.3) is 0 Å². The fourth-order valence-electron chi connectivity index (χ4n) is 5.28. The molecule has 2 unspecified atom stereocenters. The molecule has 0 aliphatic carbocycles. The Bertz CT molecular complexity index is 837. The Labute approximate surface area is 175 Å². The largest absolute Gasteiger partial charge is 0.469 e. The minimum atomic E-state index is -0.0911. The van der Waals surface area contributed by atoms with Gasteiger partial charge in [-0.05, 0) is 67.8 Å². The number of carbonyl (C=O) groups is 1. The van der Waals surface area contributed by atoms with Gasteiger partial charge in [0.05, 0.1) is 13.2 Å². The van der Waals surface area contributed by atoms with Gasteiger partial charge in [-0.3, -0.25) is 9.69 Å². The van der Waals surface area contributed by atoms with E-state index in [9.17, 15) is 4.79 Å². The van der Waals surface area contributed by atoms with Gasteiger partial charge in [0, 0.05) is 34.0 Å². The number of esters is 1. The normalized spacial score (nSPS) is 24.8. The number of halogens is 2. The van der Waals surface area contributed by atoms with Gasteiger partial charge in [0.15, 0.2) is 0 Å². The molecule has 2 aromatic rings. The summed E-state index contributed by atoms with van der Waals surface area (Å²) in [6.07, 6.45) is 5.99. The van der Waals surface area contributed by atoms with Crippen molar-refractivity contribution in [2.24, 2.45) is 5.41 Å². The number of aromatic nitrogens is 1. The Balaban J connectivity index is 0.00000210. The molecule has 0 spiro atoms. The molecule has 4 nitrogen and oxygen atoms in total. The quantitative estimate of drug-likeness (QED) is 0.628. The number of fused-ring (bicyclic) bond motifs is 5. The van der Waals surface area contributed by atoms with Gasteiger partial charge in [-0.2, -0.15) is 0 Å². The van der Waals surface area contributed by atoms with E-state index in [1.54, 1.807) is 0 Å². The molecule has 1 aromatic heterocycles. The molecule has 4 rings (SSSR count). The minimum Gasteiger partial charge on any atom is -0.469 e.